The number of hydrogen-bond donors (Lipinski definition) is 2. The molecule has 0 radical (unpaired) electrons. The highest BCUT2D eigenvalue weighted by Gasteiger charge is 2.32. The molecule has 5 atom stereocenters. The van der Waals surface area contributed by atoms with E-state index in [0.29, 0.717) is 23.3 Å². The monoisotopic (exact) mass is 522 g/mol. The fraction of sp³-hybridized carbons (Fsp3) is 0.875. The quantitative estimate of drug-likeness (QED) is 0.507. The molecule has 4 heterocycles. The Labute approximate surface area is 207 Å². The van der Waals surface area contributed by atoms with Gasteiger partial charge in [0.2, 0.25) is 6.41 Å². The number of aliphatic hydroxyl groups excluding tert-OH is 1. The number of allylic oxidation sites excluding steroid dienone is 1. The minimum absolute atomic E-state index is 0.0475. The van der Waals surface area contributed by atoms with Crippen LogP contribution < -0.4 is 5.32 Å². The first-order valence-electron chi connectivity index (χ1n) is 12.5. The Bertz CT molecular complexity index is 828. The first kappa shape index (κ1) is 30.9. The smallest absolute Gasteiger partial charge is 0.209 e. The second kappa shape index (κ2) is 14.4. The van der Waals surface area contributed by atoms with Crippen molar-refractivity contribution in [1.29, 1.82) is 0 Å². The van der Waals surface area contributed by atoms with Crippen LogP contribution in [0, 0.1) is 23.7 Å². The fourth-order valence-electron chi connectivity index (χ4n) is 4.22. The molecule has 0 aromatic carbocycles. The van der Waals surface area contributed by atoms with Crippen molar-refractivity contribution in [2.75, 3.05) is 42.6 Å². The van der Waals surface area contributed by atoms with E-state index in [1.165, 1.54) is 31.4 Å². The van der Waals surface area contributed by atoms with Crippen LogP contribution in [-0.2, 0) is 24.5 Å². The first-order chi connectivity index (χ1) is 15.7. The summed E-state index contributed by atoms with van der Waals surface area (Å²) in [6, 6.07) is 0. The molecule has 4 aliphatic rings. The van der Waals surface area contributed by atoms with Crippen LogP contribution in [0.3, 0.4) is 0 Å². The Hall–Kier alpha value is -1.13. The molecule has 10 heteroatoms. The van der Waals surface area contributed by atoms with E-state index in [4.69, 9.17) is 5.11 Å². The number of aliphatic hydroxyl groups is 1. The molecule has 0 bridgehead atoms. The highest BCUT2D eigenvalue weighted by atomic mass is 32.2. The van der Waals surface area contributed by atoms with Crippen molar-refractivity contribution in [2.45, 2.75) is 65.9 Å². The summed E-state index contributed by atoms with van der Waals surface area (Å²) < 4.78 is 42.7. The molecule has 0 saturated carbocycles. The maximum atomic E-state index is 10.7. The number of amides is 1. The lowest BCUT2D eigenvalue weighted by atomic mass is 10.0. The zero-order valence-corrected chi connectivity index (χ0v) is 23.0. The molecular weight excluding hydrogens is 476 g/mol. The van der Waals surface area contributed by atoms with Gasteiger partial charge in [-0.2, -0.15) is 0 Å². The summed E-state index contributed by atoms with van der Waals surface area (Å²) in [6.07, 6.45) is 6.32. The van der Waals surface area contributed by atoms with Crippen molar-refractivity contribution in [1.82, 2.24) is 10.2 Å². The molecule has 0 aromatic heterocycles. The number of rotatable bonds is 1. The number of sulfone groups is 2. The van der Waals surface area contributed by atoms with Crippen molar-refractivity contribution in [3.63, 3.8) is 0 Å². The summed E-state index contributed by atoms with van der Waals surface area (Å²) in [5.41, 5.74) is 1.23. The Kier molecular flexibility index (Phi) is 13.1. The molecule has 0 aromatic rings. The molecule has 2 N–H and O–H groups in total. The van der Waals surface area contributed by atoms with Crippen molar-refractivity contribution >= 4 is 26.1 Å². The summed E-state index contributed by atoms with van der Waals surface area (Å²) in [6.45, 7) is 15.1. The van der Waals surface area contributed by atoms with Crippen molar-refractivity contribution in [3.8, 4) is 0 Å². The minimum Gasteiger partial charge on any atom is -0.392 e. The van der Waals surface area contributed by atoms with Crippen molar-refractivity contribution < 1.29 is 26.7 Å². The third kappa shape index (κ3) is 12.5. The molecule has 34 heavy (non-hydrogen) atoms. The maximum absolute atomic E-state index is 10.7. The number of likely N-dealkylation sites (tertiary alicyclic amines) is 1. The predicted octanol–water partition coefficient (Wildman–Crippen LogP) is 2.25. The normalized spacial score (nSPS) is 33.6. The molecule has 4 aliphatic heterocycles. The van der Waals surface area contributed by atoms with E-state index in [1.54, 1.807) is 6.92 Å². The van der Waals surface area contributed by atoms with Gasteiger partial charge in [-0.3, -0.25) is 4.79 Å². The molecule has 0 aliphatic carbocycles. The topological polar surface area (TPSA) is 121 Å². The van der Waals surface area contributed by atoms with Crippen LogP contribution in [0.1, 0.15) is 59.8 Å². The van der Waals surface area contributed by atoms with E-state index >= 15 is 0 Å². The fourth-order valence-corrected chi connectivity index (χ4v) is 8.19. The molecule has 8 nitrogen and oxygen atoms in total. The number of nitrogens with one attached hydrogen (secondary N) is 1. The van der Waals surface area contributed by atoms with Gasteiger partial charge >= 0.3 is 0 Å². The lowest BCUT2D eigenvalue weighted by Crippen LogP contribution is -2.17. The van der Waals surface area contributed by atoms with Crippen LogP contribution in [0.5, 0.6) is 0 Å². The van der Waals surface area contributed by atoms with Crippen LogP contribution >= 0.6 is 0 Å². The van der Waals surface area contributed by atoms with Crippen LogP contribution in [0.15, 0.2) is 12.3 Å². The van der Waals surface area contributed by atoms with Gasteiger partial charge in [0.05, 0.1) is 29.1 Å². The zero-order chi connectivity index (χ0) is 25.9. The Morgan fingerprint density at radius 3 is 1.94 bits per heavy atom. The highest BCUT2D eigenvalue weighted by molar-refractivity contribution is 7.91. The van der Waals surface area contributed by atoms with Gasteiger partial charge in [-0.1, -0.05) is 40.7 Å². The third-order valence-corrected chi connectivity index (χ3v) is 10.5. The number of carbonyl (C=O) groups excluding carboxylic acids is 1. The lowest BCUT2D eigenvalue weighted by molar-refractivity contribution is -0.117. The molecule has 4 fully saturated rings. The van der Waals surface area contributed by atoms with Gasteiger partial charge in [-0.25, -0.2) is 16.8 Å². The van der Waals surface area contributed by atoms with E-state index in [9.17, 15) is 21.6 Å². The van der Waals surface area contributed by atoms with Gasteiger partial charge in [0.15, 0.2) is 19.7 Å². The van der Waals surface area contributed by atoms with Gasteiger partial charge in [0, 0.05) is 25.3 Å². The molecular formula is C24H46N2O6S2. The molecule has 200 valence electrons. The number of hydrogen-bond acceptors (Lipinski definition) is 7. The standard InChI is InChI=1S/C8H15N.C6H11NO.C5H10O3S.C5H10O2S/c1-7-5-3-4-6-9-8(7)2;1-6-2-3-7(4-6)5-8;1-4-2-9(7,8)3-5(4)6;1-5-2-3-8(6,7)4-5/h7,9H,2-6H2,1H3;5-6H,2-4H2,1H3;4-6H,2-3H2,1H3;5H,2-4H2,1H3. The maximum Gasteiger partial charge on any atom is 0.209 e. The summed E-state index contributed by atoms with van der Waals surface area (Å²) in [5, 5.41) is 12.3. The summed E-state index contributed by atoms with van der Waals surface area (Å²) in [4.78, 5) is 11.9. The Morgan fingerprint density at radius 1 is 0.941 bits per heavy atom. The second-order valence-electron chi connectivity index (χ2n) is 10.5. The van der Waals surface area contributed by atoms with Crippen LogP contribution in [0.4, 0.5) is 0 Å². The number of nitrogens with zero attached hydrogens (tertiary/aromatic N) is 1. The van der Waals surface area contributed by atoms with Crippen LogP contribution in [-0.4, -0.2) is 82.0 Å². The minimum atomic E-state index is -2.89. The first-order valence-corrected chi connectivity index (χ1v) is 16.1. The van der Waals surface area contributed by atoms with Gasteiger partial charge in [0.25, 0.3) is 0 Å². The van der Waals surface area contributed by atoms with E-state index in [2.05, 4.69) is 25.7 Å². The van der Waals surface area contributed by atoms with E-state index in [1.807, 2.05) is 11.8 Å². The van der Waals surface area contributed by atoms with Crippen molar-refractivity contribution in [2.24, 2.45) is 23.7 Å². The van der Waals surface area contributed by atoms with E-state index in [0.717, 1.165) is 38.4 Å². The van der Waals surface area contributed by atoms with Gasteiger partial charge < -0.3 is 15.3 Å². The summed E-state index contributed by atoms with van der Waals surface area (Å²) in [5.74, 6) is 2.66. The molecule has 5 unspecified atom stereocenters. The highest BCUT2D eigenvalue weighted by Crippen LogP contribution is 2.18. The summed E-state index contributed by atoms with van der Waals surface area (Å²) in [7, 11) is -5.49. The van der Waals surface area contributed by atoms with Gasteiger partial charge in [-0.15, -0.1) is 0 Å². The van der Waals surface area contributed by atoms with E-state index < -0.39 is 25.8 Å². The van der Waals surface area contributed by atoms with Crippen LogP contribution in [0.25, 0.3) is 0 Å². The predicted molar refractivity (Wildman–Crippen MR) is 138 cm³/mol. The average Bonchev–Trinajstić information content (AvgIpc) is 3.33. The lowest BCUT2D eigenvalue weighted by Gasteiger charge is -2.10. The third-order valence-electron chi connectivity index (χ3n) is 6.67. The van der Waals surface area contributed by atoms with E-state index in [-0.39, 0.29) is 17.4 Å². The zero-order valence-electron chi connectivity index (χ0n) is 21.4. The van der Waals surface area contributed by atoms with Gasteiger partial charge in [0.1, 0.15) is 0 Å². The Morgan fingerprint density at radius 2 is 1.62 bits per heavy atom. The van der Waals surface area contributed by atoms with Crippen molar-refractivity contribution in [3.05, 3.63) is 12.3 Å². The molecule has 4 saturated heterocycles. The number of carbonyl (C=O) groups is 1. The largest absolute Gasteiger partial charge is 0.392 e. The SMILES string of the molecule is C=C1NCCCCC1C.CC1CCN(C=O)C1.CC1CCS(=O)(=O)C1.CC1CS(=O)(=O)CC1O. The average molecular weight is 523 g/mol. The summed E-state index contributed by atoms with van der Waals surface area (Å²) >= 11 is 0. The molecule has 0 spiro atoms. The molecule has 4 rings (SSSR count). The van der Waals surface area contributed by atoms with Crippen LogP contribution in [0.2, 0.25) is 0 Å². The van der Waals surface area contributed by atoms with Gasteiger partial charge in [-0.05, 0) is 49.4 Å². The molecule has 1 amide bonds. The second-order valence-corrected chi connectivity index (χ2v) is 14.9. The Balaban J connectivity index is 0.000000227.